The van der Waals surface area contributed by atoms with Gasteiger partial charge in [-0.2, -0.15) is 9.29 Å². The van der Waals surface area contributed by atoms with E-state index in [1.165, 1.54) is 16.4 Å². The molecule has 2 fully saturated rings. The first-order chi connectivity index (χ1) is 15.9. The van der Waals surface area contributed by atoms with Gasteiger partial charge < -0.3 is 9.42 Å². The van der Waals surface area contributed by atoms with Crippen LogP contribution >= 0.6 is 11.6 Å². The number of aromatic nitrogens is 2. The fourth-order valence-corrected chi connectivity index (χ4v) is 5.86. The Morgan fingerprint density at radius 2 is 1.76 bits per heavy atom. The molecule has 0 spiro atoms. The average Bonchev–Trinajstić information content (AvgIpc) is 3.28. The maximum atomic E-state index is 12.8. The van der Waals surface area contributed by atoms with Crippen molar-refractivity contribution in [2.75, 3.05) is 26.2 Å². The molecule has 0 saturated carbocycles. The van der Waals surface area contributed by atoms with E-state index in [4.69, 9.17) is 16.1 Å². The molecule has 2 aliphatic rings. The van der Waals surface area contributed by atoms with Crippen LogP contribution in [0, 0.1) is 0 Å². The number of carbonyl (C=O) groups excluding carboxylic acids is 1. The first-order valence-corrected chi connectivity index (χ1v) is 12.7. The van der Waals surface area contributed by atoms with Crippen molar-refractivity contribution in [3.63, 3.8) is 0 Å². The van der Waals surface area contributed by atoms with Crippen LogP contribution in [0.5, 0.6) is 0 Å². The van der Waals surface area contributed by atoms with Crippen molar-refractivity contribution in [3.8, 4) is 11.4 Å². The van der Waals surface area contributed by atoms with Crippen LogP contribution in [0.1, 0.15) is 41.4 Å². The number of halogens is 1. The van der Waals surface area contributed by atoms with Gasteiger partial charge in [0.05, 0.1) is 10.8 Å². The molecule has 0 atom stereocenters. The summed E-state index contributed by atoms with van der Waals surface area (Å²) in [6.45, 7) is 2.02. The lowest BCUT2D eigenvalue weighted by atomic mass is 9.98. The van der Waals surface area contributed by atoms with Gasteiger partial charge in [0.25, 0.3) is 5.91 Å². The van der Waals surface area contributed by atoms with Crippen LogP contribution in [0.15, 0.2) is 57.9 Å². The molecule has 0 unspecified atom stereocenters. The lowest BCUT2D eigenvalue weighted by Crippen LogP contribution is -2.48. The predicted octanol–water partition coefficient (Wildman–Crippen LogP) is 3.80. The molecule has 2 aliphatic heterocycles. The van der Waals surface area contributed by atoms with E-state index in [9.17, 15) is 13.2 Å². The summed E-state index contributed by atoms with van der Waals surface area (Å²) in [5, 5.41) is 4.61. The molecule has 8 nitrogen and oxygen atoms in total. The van der Waals surface area contributed by atoms with Gasteiger partial charge in [-0.05, 0) is 49.2 Å². The average molecular weight is 487 g/mol. The Labute approximate surface area is 197 Å². The predicted molar refractivity (Wildman–Crippen MR) is 122 cm³/mol. The first kappa shape index (κ1) is 22.1. The molecule has 172 valence electrons. The standard InChI is InChI=1S/C23H23ClN4O4S/c24-19-6-4-5-17(13-19)21-25-22(32-26-21)18-14-27(15-18)23(29)16-7-9-20(10-8-16)33(30,31)28-11-2-1-3-12-28/h4-10,13,18H,1-3,11-12,14-15H2. The zero-order valence-electron chi connectivity index (χ0n) is 17.9. The number of nitrogens with zero attached hydrogens (tertiary/aromatic N) is 4. The van der Waals surface area contributed by atoms with Crippen LogP contribution in [0.4, 0.5) is 0 Å². The molecule has 2 saturated heterocycles. The molecule has 0 bridgehead atoms. The molecular weight excluding hydrogens is 464 g/mol. The van der Waals surface area contributed by atoms with E-state index in [0.717, 1.165) is 24.8 Å². The number of sulfonamides is 1. The van der Waals surface area contributed by atoms with Gasteiger partial charge >= 0.3 is 0 Å². The van der Waals surface area contributed by atoms with Crippen LogP contribution in [-0.2, 0) is 10.0 Å². The minimum Gasteiger partial charge on any atom is -0.339 e. The quantitative estimate of drug-likeness (QED) is 0.544. The van der Waals surface area contributed by atoms with E-state index in [1.807, 2.05) is 12.1 Å². The van der Waals surface area contributed by atoms with Crippen molar-refractivity contribution in [3.05, 3.63) is 65.0 Å². The second-order valence-electron chi connectivity index (χ2n) is 8.36. The molecule has 0 N–H and O–H groups in total. The molecule has 3 heterocycles. The summed E-state index contributed by atoms with van der Waals surface area (Å²) in [5.74, 6) is 0.760. The summed E-state index contributed by atoms with van der Waals surface area (Å²) in [4.78, 5) is 19.2. The van der Waals surface area contributed by atoms with E-state index < -0.39 is 10.0 Å². The van der Waals surface area contributed by atoms with Crippen molar-refractivity contribution in [1.82, 2.24) is 19.3 Å². The van der Waals surface area contributed by atoms with Crippen LogP contribution in [0.2, 0.25) is 5.02 Å². The number of hydrogen-bond donors (Lipinski definition) is 0. The number of amides is 1. The highest BCUT2D eigenvalue weighted by molar-refractivity contribution is 7.89. The molecule has 0 aliphatic carbocycles. The van der Waals surface area contributed by atoms with Crippen LogP contribution in [0.25, 0.3) is 11.4 Å². The zero-order chi connectivity index (χ0) is 23.0. The molecule has 1 aromatic heterocycles. The van der Waals surface area contributed by atoms with Gasteiger partial charge in [-0.1, -0.05) is 35.3 Å². The van der Waals surface area contributed by atoms with E-state index in [2.05, 4.69) is 10.1 Å². The molecule has 10 heteroatoms. The minimum absolute atomic E-state index is 0.0341. The van der Waals surface area contributed by atoms with Gasteiger partial charge in [0.2, 0.25) is 21.7 Å². The molecule has 1 amide bonds. The van der Waals surface area contributed by atoms with Crippen molar-refractivity contribution in [2.24, 2.45) is 0 Å². The smallest absolute Gasteiger partial charge is 0.253 e. The van der Waals surface area contributed by atoms with Gasteiger partial charge in [0.1, 0.15) is 0 Å². The summed E-state index contributed by atoms with van der Waals surface area (Å²) in [6.07, 6.45) is 2.82. The fraction of sp³-hybridized carbons (Fsp3) is 0.348. The Morgan fingerprint density at radius 3 is 2.45 bits per heavy atom. The Bertz CT molecular complexity index is 1260. The summed E-state index contributed by atoms with van der Waals surface area (Å²) in [6, 6.07) is 13.4. The third-order valence-electron chi connectivity index (χ3n) is 6.10. The minimum atomic E-state index is -3.51. The van der Waals surface area contributed by atoms with Crippen molar-refractivity contribution in [1.29, 1.82) is 0 Å². The van der Waals surface area contributed by atoms with Gasteiger partial charge in [0.15, 0.2) is 0 Å². The van der Waals surface area contributed by atoms with Gasteiger partial charge in [-0.25, -0.2) is 8.42 Å². The maximum absolute atomic E-state index is 12.8. The summed E-state index contributed by atoms with van der Waals surface area (Å²) in [7, 11) is -3.51. The first-order valence-electron chi connectivity index (χ1n) is 10.9. The van der Waals surface area contributed by atoms with E-state index >= 15 is 0 Å². The van der Waals surface area contributed by atoms with Gasteiger partial charge in [-0.15, -0.1) is 0 Å². The number of piperidine rings is 1. The highest BCUT2D eigenvalue weighted by Gasteiger charge is 2.36. The third kappa shape index (κ3) is 4.40. The summed E-state index contributed by atoms with van der Waals surface area (Å²) < 4.78 is 32.5. The highest BCUT2D eigenvalue weighted by Crippen LogP contribution is 2.30. The summed E-state index contributed by atoms with van der Waals surface area (Å²) in [5.41, 5.74) is 1.22. The van der Waals surface area contributed by atoms with Crippen LogP contribution in [-0.4, -0.2) is 59.8 Å². The summed E-state index contributed by atoms with van der Waals surface area (Å²) >= 11 is 6.02. The van der Waals surface area contributed by atoms with E-state index in [1.54, 1.807) is 29.2 Å². The second kappa shape index (κ2) is 8.89. The lowest BCUT2D eigenvalue weighted by molar-refractivity contribution is 0.0569. The van der Waals surface area contributed by atoms with Gasteiger partial charge in [0, 0.05) is 42.3 Å². The largest absolute Gasteiger partial charge is 0.339 e. The maximum Gasteiger partial charge on any atom is 0.253 e. The molecular formula is C23H23ClN4O4S. The SMILES string of the molecule is O=C(c1ccc(S(=O)(=O)N2CCCCC2)cc1)N1CC(c2nc(-c3cccc(Cl)c3)no2)C1. The normalized spacial score (nSPS) is 17.7. The molecule has 2 aromatic carbocycles. The Morgan fingerprint density at radius 1 is 1.03 bits per heavy atom. The number of benzene rings is 2. The Hall–Kier alpha value is -2.75. The molecule has 0 radical (unpaired) electrons. The number of hydrogen-bond acceptors (Lipinski definition) is 6. The fourth-order valence-electron chi connectivity index (χ4n) is 4.15. The van der Waals surface area contributed by atoms with Crippen molar-refractivity contribution < 1.29 is 17.7 Å². The number of likely N-dealkylation sites (tertiary alicyclic amines) is 1. The number of carbonyl (C=O) groups is 1. The highest BCUT2D eigenvalue weighted by atomic mass is 35.5. The molecule has 33 heavy (non-hydrogen) atoms. The number of rotatable bonds is 5. The van der Waals surface area contributed by atoms with Gasteiger partial charge in [-0.3, -0.25) is 4.79 Å². The van der Waals surface area contributed by atoms with Crippen LogP contribution in [0.3, 0.4) is 0 Å². The monoisotopic (exact) mass is 486 g/mol. The van der Waals surface area contributed by atoms with Crippen molar-refractivity contribution in [2.45, 2.75) is 30.1 Å². The second-order valence-corrected chi connectivity index (χ2v) is 10.7. The Balaban J connectivity index is 1.21. The van der Waals surface area contributed by atoms with Crippen molar-refractivity contribution >= 4 is 27.5 Å². The third-order valence-corrected chi connectivity index (χ3v) is 8.24. The molecule has 3 aromatic rings. The van der Waals surface area contributed by atoms with E-state index in [0.29, 0.717) is 48.5 Å². The van der Waals surface area contributed by atoms with E-state index in [-0.39, 0.29) is 16.7 Å². The lowest BCUT2D eigenvalue weighted by Gasteiger charge is -2.37. The molecule has 5 rings (SSSR count). The van der Waals surface area contributed by atoms with Crippen LogP contribution < -0.4 is 0 Å². The Kier molecular flexibility index (Phi) is 5.94. The topological polar surface area (TPSA) is 96.6 Å². The zero-order valence-corrected chi connectivity index (χ0v) is 19.4.